The number of fused-ring (bicyclic) bond motifs is 1. The molecule has 0 unspecified atom stereocenters. The molecule has 3 aromatic rings. The number of ether oxygens (including phenoxy) is 2. The van der Waals surface area contributed by atoms with E-state index in [4.69, 9.17) is 9.47 Å². The molecule has 3 aromatic carbocycles. The molecule has 0 aliphatic carbocycles. The predicted molar refractivity (Wildman–Crippen MR) is 116 cm³/mol. The van der Waals surface area contributed by atoms with Crippen molar-refractivity contribution in [2.45, 2.75) is 12.5 Å². The molecule has 31 heavy (non-hydrogen) atoms. The first-order chi connectivity index (χ1) is 15.0. The molecular weight excluding hydrogens is 396 g/mol. The highest BCUT2D eigenvalue weighted by Crippen LogP contribution is 2.42. The van der Waals surface area contributed by atoms with Gasteiger partial charge in [0.05, 0.1) is 25.2 Å². The molecule has 0 fully saturated rings. The van der Waals surface area contributed by atoms with Gasteiger partial charge in [0, 0.05) is 24.2 Å². The lowest BCUT2D eigenvalue weighted by atomic mass is 9.87. The lowest BCUT2D eigenvalue weighted by Crippen LogP contribution is -2.40. The summed E-state index contributed by atoms with van der Waals surface area (Å²) in [7, 11) is 3.14. The first kappa shape index (κ1) is 20.4. The third kappa shape index (κ3) is 3.82. The highest BCUT2D eigenvalue weighted by molar-refractivity contribution is 5.95. The smallest absolute Gasteiger partial charge is 0.269 e. The summed E-state index contributed by atoms with van der Waals surface area (Å²) in [5, 5.41) is 11.4. The summed E-state index contributed by atoms with van der Waals surface area (Å²) in [4.78, 5) is 26.2. The zero-order chi connectivity index (χ0) is 22.0. The molecule has 0 saturated carbocycles. The predicted octanol–water partition coefficient (Wildman–Crippen LogP) is 4.40. The molecule has 1 aliphatic heterocycles. The Labute approximate surface area is 180 Å². The van der Waals surface area contributed by atoms with Gasteiger partial charge in [0.25, 0.3) is 11.6 Å². The summed E-state index contributed by atoms with van der Waals surface area (Å²) < 4.78 is 10.9. The summed E-state index contributed by atoms with van der Waals surface area (Å²) in [5.41, 5.74) is 3.12. The molecular formula is C24H22N2O5. The van der Waals surface area contributed by atoms with Gasteiger partial charge < -0.3 is 14.4 Å². The first-order valence-electron chi connectivity index (χ1n) is 9.88. The first-order valence-corrected chi connectivity index (χ1v) is 9.88. The van der Waals surface area contributed by atoms with Crippen LogP contribution >= 0.6 is 0 Å². The van der Waals surface area contributed by atoms with E-state index in [1.807, 2.05) is 36.4 Å². The number of methoxy groups -OCH3 is 2. The zero-order valence-electron chi connectivity index (χ0n) is 17.3. The van der Waals surface area contributed by atoms with Gasteiger partial charge in [-0.15, -0.1) is 0 Å². The van der Waals surface area contributed by atoms with Crippen molar-refractivity contribution in [3.05, 3.63) is 99.1 Å². The second-order valence-electron chi connectivity index (χ2n) is 7.28. The number of amides is 1. The van der Waals surface area contributed by atoms with Crippen LogP contribution in [0, 0.1) is 10.1 Å². The average molecular weight is 418 g/mol. The van der Waals surface area contributed by atoms with Crippen LogP contribution in [0.5, 0.6) is 11.5 Å². The van der Waals surface area contributed by atoms with Crippen LogP contribution < -0.4 is 9.47 Å². The van der Waals surface area contributed by atoms with Crippen LogP contribution in [0.2, 0.25) is 0 Å². The normalized spacial score (nSPS) is 15.2. The molecule has 0 spiro atoms. The second kappa shape index (κ2) is 8.47. The maximum atomic E-state index is 13.4. The number of rotatable bonds is 5. The van der Waals surface area contributed by atoms with Crippen LogP contribution in [0.4, 0.5) is 5.69 Å². The molecule has 0 N–H and O–H groups in total. The van der Waals surface area contributed by atoms with Crippen molar-refractivity contribution in [3.8, 4) is 11.5 Å². The van der Waals surface area contributed by atoms with Crippen LogP contribution in [0.15, 0.2) is 66.7 Å². The molecule has 0 radical (unpaired) electrons. The van der Waals surface area contributed by atoms with Crippen LogP contribution in [0.25, 0.3) is 0 Å². The molecule has 1 aliphatic rings. The van der Waals surface area contributed by atoms with Gasteiger partial charge in [-0.25, -0.2) is 0 Å². The highest BCUT2D eigenvalue weighted by Gasteiger charge is 2.34. The quantitative estimate of drug-likeness (QED) is 0.453. The summed E-state index contributed by atoms with van der Waals surface area (Å²) in [6, 6.07) is 18.8. The van der Waals surface area contributed by atoms with Crippen molar-refractivity contribution in [1.29, 1.82) is 0 Å². The minimum absolute atomic E-state index is 0.0165. The zero-order valence-corrected chi connectivity index (χ0v) is 17.3. The van der Waals surface area contributed by atoms with Crippen molar-refractivity contribution < 1.29 is 19.2 Å². The van der Waals surface area contributed by atoms with Gasteiger partial charge in [-0.1, -0.05) is 30.3 Å². The Morgan fingerprint density at radius 2 is 1.71 bits per heavy atom. The number of carbonyl (C=O) groups excluding carboxylic acids is 1. The number of hydrogen-bond donors (Lipinski definition) is 0. The molecule has 7 heteroatoms. The van der Waals surface area contributed by atoms with Gasteiger partial charge in [-0.3, -0.25) is 14.9 Å². The van der Waals surface area contributed by atoms with Crippen LogP contribution in [-0.2, 0) is 6.42 Å². The number of nitro benzene ring substituents is 1. The fourth-order valence-electron chi connectivity index (χ4n) is 4.08. The Bertz CT molecular complexity index is 1130. The Kier molecular flexibility index (Phi) is 5.58. The van der Waals surface area contributed by atoms with E-state index in [2.05, 4.69) is 0 Å². The van der Waals surface area contributed by atoms with Crippen molar-refractivity contribution in [2.75, 3.05) is 20.8 Å². The number of nitro groups is 1. The van der Waals surface area contributed by atoms with Gasteiger partial charge >= 0.3 is 0 Å². The lowest BCUT2D eigenvalue weighted by molar-refractivity contribution is -0.384. The van der Waals surface area contributed by atoms with Gasteiger partial charge in [0.1, 0.15) is 0 Å². The van der Waals surface area contributed by atoms with Gasteiger partial charge in [0.15, 0.2) is 11.5 Å². The monoisotopic (exact) mass is 418 g/mol. The van der Waals surface area contributed by atoms with E-state index < -0.39 is 11.0 Å². The summed E-state index contributed by atoms with van der Waals surface area (Å²) in [5.74, 6) is 1.03. The Hall–Kier alpha value is -3.87. The molecule has 0 aromatic heterocycles. The fraction of sp³-hybridized carbons (Fsp3) is 0.208. The average Bonchev–Trinajstić information content (AvgIpc) is 2.82. The number of benzene rings is 3. The standard InChI is InChI=1S/C24H22N2O5/c1-30-21-14-17-11-12-25(24(27)16-7-4-3-5-8-16)23(20(17)15-22(21)31-2)18-9-6-10-19(13-18)26(28)29/h3-10,13-15,23H,11-12H2,1-2H3/t23-/m0/s1. The Balaban J connectivity index is 1.88. The number of non-ortho nitro benzene ring substituents is 1. The maximum Gasteiger partial charge on any atom is 0.269 e. The van der Waals surface area contributed by atoms with Gasteiger partial charge in [-0.2, -0.15) is 0 Å². The van der Waals surface area contributed by atoms with Crippen molar-refractivity contribution in [2.24, 2.45) is 0 Å². The minimum Gasteiger partial charge on any atom is -0.493 e. The molecule has 7 nitrogen and oxygen atoms in total. The molecule has 1 amide bonds. The molecule has 158 valence electrons. The van der Waals surface area contributed by atoms with Crippen LogP contribution in [0.3, 0.4) is 0 Å². The van der Waals surface area contributed by atoms with E-state index >= 15 is 0 Å². The summed E-state index contributed by atoms with van der Waals surface area (Å²) >= 11 is 0. The van der Waals surface area contributed by atoms with Crippen molar-refractivity contribution in [3.63, 3.8) is 0 Å². The number of hydrogen-bond acceptors (Lipinski definition) is 5. The Morgan fingerprint density at radius 1 is 1.00 bits per heavy atom. The topological polar surface area (TPSA) is 81.9 Å². The Morgan fingerprint density at radius 3 is 2.39 bits per heavy atom. The lowest BCUT2D eigenvalue weighted by Gasteiger charge is -2.38. The number of carbonyl (C=O) groups is 1. The molecule has 1 heterocycles. The molecule has 0 saturated heterocycles. The summed E-state index contributed by atoms with van der Waals surface area (Å²) in [6.07, 6.45) is 0.639. The summed E-state index contributed by atoms with van der Waals surface area (Å²) in [6.45, 7) is 0.476. The molecule has 4 rings (SSSR count). The maximum absolute atomic E-state index is 13.4. The van der Waals surface area contributed by atoms with Crippen LogP contribution in [0.1, 0.15) is 33.1 Å². The van der Waals surface area contributed by atoms with Crippen molar-refractivity contribution in [1.82, 2.24) is 4.90 Å². The molecule has 1 atom stereocenters. The highest BCUT2D eigenvalue weighted by atomic mass is 16.6. The minimum atomic E-state index is -0.490. The van der Waals surface area contributed by atoms with E-state index in [0.717, 1.165) is 11.1 Å². The van der Waals surface area contributed by atoms with E-state index in [-0.39, 0.29) is 11.6 Å². The van der Waals surface area contributed by atoms with E-state index in [1.54, 1.807) is 37.3 Å². The third-order valence-electron chi connectivity index (χ3n) is 5.55. The van der Waals surface area contributed by atoms with E-state index in [9.17, 15) is 14.9 Å². The third-order valence-corrected chi connectivity index (χ3v) is 5.55. The number of nitrogens with zero attached hydrogens (tertiary/aromatic N) is 2. The SMILES string of the molecule is COc1cc2c(cc1OC)[C@H](c1cccc([N+](=O)[O-])c1)N(C(=O)c1ccccc1)CC2. The van der Waals surface area contributed by atoms with E-state index in [0.29, 0.717) is 35.6 Å². The largest absolute Gasteiger partial charge is 0.493 e. The van der Waals surface area contributed by atoms with Gasteiger partial charge in [-0.05, 0) is 47.4 Å². The fourth-order valence-corrected chi connectivity index (χ4v) is 4.08. The van der Waals surface area contributed by atoms with E-state index in [1.165, 1.54) is 12.1 Å². The van der Waals surface area contributed by atoms with Gasteiger partial charge in [0.2, 0.25) is 0 Å². The second-order valence-corrected chi connectivity index (χ2v) is 7.28. The van der Waals surface area contributed by atoms with Crippen LogP contribution in [-0.4, -0.2) is 36.5 Å². The van der Waals surface area contributed by atoms with Crippen molar-refractivity contribution >= 4 is 11.6 Å². The molecule has 0 bridgehead atoms.